The van der Waals surface area contributed by atoms with Crippen LogP contribution in [-0.2, 0) is 19.4 Å². The summed E-state index contributed by atoms with van der Waals surface area (Å²) in [6.45, 7) is 5.19. The van der Waals surface area contributed by atoms with Gasteiger partial charge >= 0.3 is 0 Å². The average molecular weight is 251 g/mol. The van der Waals surface area contributed by atoms with Gasteiger partial charge in [0.1, 0.15) is 0 Å². The summed E-state index contributed by atoms with van der Waals surface area (Å²) in [5.74, 6) is 0. The lowest BCUT2D eigenvalue weighted by Gasteiger charge is -2.18. The first-order valence-electron chi connectivity index (χ1n) is 7.14. The fourth-order valence-electron chi connectivity index (χ4n) is 3.08. The summed E-state index contributed by atoms with van der Waals surface area (Å²) >= 11 is 0. The maximum absolute atomic E-state index is 10.1. The molecule has 1 heterocycles. The van der Waals surface area contributed by atoms with Crippen LogP contribution in [0.2, 0.25) is 0 Å². The van der Waals surface area contributed by atoms with E-state index in [0.29, 0.717) is 0 Å². The number of aliphatic hydroxyl groups is 1. The van der Waals surface area contributed by atoms with E-state index in [4.69, 9.17) is 5.10 Å². The van der Waals surface area contributed by atoms with Crippen molar-refractivity contribution >= 4 is 0 Å². The van der Waals surface area contributed by atoms with Gasteiger partial charge in [-0.25, -0.2) is 0 Å². The zero-order chi connectivity index (χ0) is 13.1. The number of nitrogens with one attached hydrogen (secondary N) is 1. The molecule has 1 aliphatic carbocycles. The zero-order valence-corrected chi connectivity index (χ0v) is 11.7. The summed E-state index contributed by atoms with van der Waals surface area (Å²) in [7, 11) is 1.97. The van der Waals surface area contributed by atoms with E-state index in [2.05, 4.69) is 23.8 Å². The number of hydrogen-bond donors (Lipinski definition) is 2. The first kappa shape index (κ1) is 13.6. The summed E-state index contributed by atoms with van der Waals surface area (Å²) in [5.41, 5.74) is 3.81. The lowest BCUT2D eigenvalue weighted by molar-refractivity contribution is 0.128. The van der Waals surface area contributed by atoms with Gasteiger partial charge in [-0.05, 0) is 39.2 Å². The van der Waals surface area contributed by atoms with E-state index in [1.807, 2.05) is 7.05 Å². The Hall–Kier alpha value is -0.870. The van der Waals surface area contributed by atoms with Gasteiger partial charge < -0.3 is 10.4 Å². The quantitative estimate of drug-likeness (QED) is 0.839. The third-order valence-corrected chi connectivity index (χ3v) is 3.98. The van der Waals surface area contributed by atoms with E-state index in [-0.39, 0.29) is 12.1 Å². The predicted octanol–water partition coefficient (Wildman–Crippen LogP) is 1.81. The average Bonchev–Trinajstić information content (AvgIpc) is 2.93. The molecule has 2 N–H and O–H groups in total. The molecule has 2 atom stereocenters. The van der Waals surface area contributed by atoms with Gasteiger partial charge in [-0.2, -0.15) is 5.10 Å². The molecule has 0 amide bonds. The molecule has 0 saturated heterocycles. The van der Waals surface area contributed by atoms with Crippen LogP contribution in [0.3, 0.4) is 0 Å². The number of aromatic nitrogens is 2. The number of aliphatic hydroxyl groups excluding tert-OH is 1. The number of nitrogens with zero attached hydrogens (tertiary/aromatic N) is 2. The molecular weight excluding hydrogens is 226 g/mol. The SMILES string of the molecule is CCc1nn(C2CCCC2O)c(CC)c1CNC. The van der Waals surface area contributed by atoms with E-state index in [1.165, 1.54) is 17.0 Å². The monoisotopic (exact) mass is 251 g/mol. The molecule has 2 unspecified atom stereocenters. The van der Waals surface area contributed by atoms with Crippen LogP contribution in [0.4, 0.5) is 0 Å². The van der Waals surface area contributed by atoms with Crippen molar-refractivity contribution in [3.05, 3.63) is 17.0 Å². The highest BCUT2D eigenvalue weighted by molar-refractivity contribution is 5.27. The highest BCUT2D eigenvalue weighted by atomic mass is 16.3. The van der Waals surface area contributed by atoms with Crippen LogP contribution in [-0.4, -0.2) is 28.0 Å². The van der Waals surface area contributed by atoms with Crippen LogP contribution in [0.5, 0.6) is 0 Å². The van der Waals surface area contributed by atoms with Gasteiger partial charge in [-0.1, -0.05) is 13.8 Å². The normalized spacial score (nSPS) is 23.8. The van der Waals surface area contributed by atoms with Crippen molar-refractivity contribution in [3.8, 4) is 0 Å². The van der Waals surface area contributed by atoms with Crippen LogP contribution in [0, 0.1) is 0 Å². The van der Waals surface area contributed by atoms with Crippen LogP contribution in [0.1, 0.15) is 56.1 Å². The van der Waals surface area contributed by atoms with Gasteiger partial charge in [0, 0.05) is 17.8 Å². The topological polar surface area (TPSA) is 50.1 Å². The fourth-order valence-corrected chi connectivity index (χ4v) is 3.08. The van der Waals surface area contributed by atoms with Crippen molar-refractivity contribution in [1.29, 1.82) is 0 Å². The van der Waals surface area contributed by atoms with E-state index in [9.17, 15) is 5.11 Å². The lowest BCUT2D eigenvalue weighted by atomic mass is 10.1. The maximum Gasteiger partial charge on any atom is 0.0781 e. The fraction of sp³-hybridized carbons (Fsp3) is 0.786. The lowest BCUT2D eigenvalue weighted by Crippen LogP contribution is -2.21. The Bertz CT molecular complexity index is 400. The minimum Gasteiger partial charge on any atom is -0.391 e. The third kappa shape index (κ3) is 2.31. The predicted molar refractivity (Wildman–Crippen MR) is 72.6 cm³/mol. The molecule has 1 aromatic rings. The summed E-state index contributed by atoms with van der Waals surface area (Å²) in [5, 5.41) is 18.1. The van der Waals surface area contributed by atoms with E-state index in [1.54, 1.807) is 0 Å². The van der Waals surface area contributed by atoms with Crippen molar-refractivity contribution in [2.24, 2.45) is 0 Å². The minimum absolute atomic E-state index is 0.191. The van der Waals surface area contributed by atoms with Crippen LogP contribution >= 0.6 is 0 Å². The molecule has 0 spiro atoms. The molecule has 1 fully saturated rings. The summed E-state index contributed by atoms with van der Waals surface area (Å²) in [6, 6.07) is 0.191. The molecule has 0 bridgehead atoms. The molecule has 4 heteroatoms. The Balaban J connectivity index is 2.40. The summed E-state index contributed by atoms with van der Waals surface area (Å²) in [4.78, 5) is 0. The smallest absolute Gasteiger partial charge is 0.0781 e. The van der Waals surface area contributed by atoms with Crippen LogP contribution in [0.15, 0.2) is 0 Å². The molecule has 0 aliphatic heterocycles. The van der Waals surface area contributed by atoms with Crippen LogP contribution in [0.25, 0.3) is 0 Å². The number of hydrogen-bond acceptors (Lipinski definition) is 3. The second kappa shape index (κ2) is 5.85. The number of rotatable bonds is 5. The van der Waals surface area contributed by atoms with Gasteiger partial charge in [-0.3, -0.25) is 4.68 Å². The number of aryl methyl sites for hydroxylation is 1. The van der Waals surface area contributed by atoms with Gasteiger partial charge in [-0.15, -0.1) is 0 Å². The van der Waals surface area contributed by atoms with Gasteiger partial charge in [0.05, 0.1) is 17.8 Å². The third-order valence-electron chi connectivity index (χ3n) is 3.98. The largest absolute Gasteiger partial charge is 0.391 e. The van der Waals surface area contributed by atoms with Gasteiger partial charge in [0.15, 0.2) is 0 Å². The van der Waals surface area contributed by atoms with Crippen molar-refractivity contribution in [2.45, 2.75) is 64.6 Å². The van der Waals surface area contributed by atoms with E-state index in [0.717, 1.165) is 38.6 Å². The molecule has 1 aromatic heterocycles. The highest BCUT2D eigenvalue weighted by Crippen LogP contribution is 2.32. The van der Waals surface area contributed by atoms with E-state index < -0.39 is 0 Å². The van der Waals surface area contributed by atoms with Crippen molar-refractivity contribution in [3.63, 3.8) is 0 Å². The zero-order valence-electron chi connectivity index (χ0n) is 11.7. The Labute approximate surface area is 109 Å². The van der Waals surface area contributed by atoms with Crippen LogP contribution < -0.4 is 5.32 Å². The van der Waals surface area contributed by atoms with Crippen molar-refractivity contribution in [1.82, 2.24) is 15.1 Å². The maximum atomic E-state index is 10.1. The Morgan fingerprint density at radius 1 is 1.33 bits per heavy atom. The standard InChI is InChI=1S/C14H25N3O/c1-4-11-10(9-15-3)12(5-2)17(16-11)13-7-6-8-14(13)18/h13-15,18H,4-9H2,1-3H3. The van der Waals surface area contributed by atoms with E-state index >= 15 is 0 Å². The molecule has 4 nitrogen and oxygen atoms in total. The second-order valence-electron chi connectivity index (χ2n) is 5.12. The summed E-state index contributed by atoms with van der Waals surface area (Å²) in [6.07, 6.45) is 4.79. The second-order valence-corrected chi connectivity index (χ2v) is 5.12. The highest BCUT2D eigenvalue weighted by Gasteiger charge is 2.30. The van der Waals surface area contributed by atoms with Gasteiger partial charge in [0.2, 0.25) is 0 Å². The first-order chi connectivity index (χ1) is 8.72. The minimum atomic E-state index is -0.220. The molecule has 18 heavy (non-hydrogen) atoms. The Kier molecular flexibility index (Phi) is 4.40. The van der Waals surface area contributed by atoms with Crippen molar-refractivity contribution in [2.75, 3.05) is 7.05 Å². The molecular formula is C14H25N3O. The Morgan fingerprint density at radius 2 is 2.11 bits per heavy atom. The van der Waals surface area contributed by atoms with Crippen molar-refractivity contribution < 1.29 is 5.11 Å². The molecule has 0 aromatic carbocycles. The molecule has 1 saturated carbocycles. The molecule has 1 aliphatic rings. The molecule has 0 radical (unpaired) electrons. The first-order valence-corrected chi connectivity index (χ1v) is 7.14. The van der Waals surface area contributed by atoms with Gasteiger partial charge in [0.25, 0.3) is 0 Å². The summed E-state index contributed by atoms with van der Waals surface area (Å²) < 4.78 is 2.11. The molecule has 2 rings (SSSR count). The Morgan fingerprint density at radius 3 is 2.61 bits per heavy atom. The molecule has 102 valence electrons.